The summed E-state index contributed by atoms with van der Waals surface area (Å²) in [4.78, 5) is 7.17. The molecule has 0 unspecified atom stereocenters. The number of fused-ring (bicyclic) bond motifs is 3. The average molecular weight is 479 g/mol. The molecule has 0 amide bonds. The minimum absolute atomic E-state index is 0.108. The molecule has 0 saturated heterocycles. The molecule has 5 aromatic rings. The lowest BCUT2D eigenvalue weighted by Gasteiger charge is -2.38. The van der Waals surface area contributed by atoms with E-state index in [1.54, 1.807) is 0 Å². The molecule has 1 fully saturated rings. The lowest BCUT2D eigenvalue weighted by atomic mass is 9.72. The second-order valence-electron chi connectivity index (χ2n) is 9.86. The van der Waals surface area contributed by atoms with Crippen LogP contribution < -0.4 is 5.73 Å². The van der Waals surface area contributed by atoms with Crippen LogP contribution in [0.4, 0.5) is 0 Å². The van der Waals surface area contributed by atoms with Crippen LogP contribution in [0.5, 0.6) is 0 Å². The summed E-state index contributed by atoms with van der Waals surface area (Å²) in [5.41, 5.74) is 13.4. The van der Waals surface area contributed by atoms with E-state index in [-0.39, 0.29) is 12.1 Å². The summed E-state index contributed by atoms with van der Waals surface area (Å²) in [5.74, 6) is 0.829. The van der Waals surface area contributed by atoms with E-state index in [9.17, 15) is 5.11 Å². The Morgan fingerprint density at radius 2 is 1.78 bits per heavy atom. The number of rotatable bonds is 7. The Labute approximate surface area is 210 Å². The van der Waals surface area contributed by atoms with Crippen molar-refractivity contribution in [3.05, 3.63) is 84.3 Å². The standard InChI is InChI=1S/C29H30N6O/c1-34(16-17-36)19-26-32-33-28-24-18-23(20-6-3-2-4-7-20)27(31-25(24)12-15-35(26)28)21-8-10-22(11-9-21)29(30)13-5-14-29/h2-4,6-12,15,18,36H,5,13-14,16-17,19,30H2,1H3. The number of aromatic nitrogens is 4. The summed E-state index contributed by atoms with van der Waals surface area (Å²) in [6, 6.07) is 23.2. The highest BCUT2D eigenvalue weighted by Gasteiger charge is 2.34. The number of benzene rings is 2. The molecule has 0 bridgehead atoms. The van der Waals surface area contributed by atoms with Crippen molar-refractivity contribution in [1.82, 2.24) is 24.5 Å². The van der Waals surface area contributed by atoms with Gasteiger partial charge in [0, 0.05) is 34.8 Å². The van der Waals surface area contributed by atoms with Gasteiger partial charge >= 0.3 is 0 Å². The second-order valence-corrected chi connectivity index (χ2v) is 9.86. The molecule has 7 nitrogen and oxygen atoms in total. The SMILES string of the molecule is CN(CCO)Cc1nnc2c3cc(-c4ccccc4)c(-c4ccc(C5(N)CCC5)cc4)nc3ccn12. The minimum atomic E-state index is -0.181. The molecular formula is C29H30N6O. The molecule has 1 saturated carbocycles. The van der Waals surface area contributed by atoms with Crippen LogP contribution >= 0.6 is 0 Å². The number of aliphatic hydroxyl groups excluding tert-OH is 1. The van der Waals surface area contributed by atoms with Crippen molar-refractivity contribution in [3.8, 4) is 22.4 Å². The first-order valence-corrected chi connectivity index (χ1v) is 12.5. The number of nitrogens with zero attached hydrogens (tertiary/aromatic N) is 5. The van der Waals surface area contributed by atoms with Gasteiger partial charge in [-0.2, -0.15) is 0 Å². The van der Waals surface area contributed by atoms with Crippen molar-refractivity contribution in [3.63, 3.8) is 0 Å². The molecule has 0 aliphatic heterocycles. The number of aliphatic hydroxyl groups is 1. The van der Waals surface area contributed by atoms with Crippen molar-refractivity contribution in [1.29, 1.82) is 0 Å². The van der Waals surface area contributed by atoms with Gasteiger partial charge in [-0.25, -0.2) is 4.98 Å². The molecule has 182 valence electrons. The van der Waals surface area contributed by atoms with Crippen LogP contribution in [0.15, 0.2) is 72.9 Å². The van der Waals surface area contributed by atoms with Crippen LogP contribution in [0.25, 0.3) is 38.9 Å². The first kappa shape index (κ1) is 22.8. The van der Waals surface area contributed by atoms with Gasteiger partial charge in [0.1, 0.15) is 0 Å². The average Bonchev–Trinajstić information content (AvgIpc) is 3.30. The fourth-order valence-electron chi connectivity index (χ4n) is 5.11. The molecule has 1 aliphatic rings. The maximum atomic E-state index is 9.25. The Balaban J connectivity index is 1.49. The quantitative estimate of drug-likeness (QED) is 0.361. The van der Waals surface area contributed by atoms with E-state index in [2.05, 4.69) is 52.7 Å². The van der Waals surface area contributed by atoms with Crippen LogP contribution in [0.1, 0.15) is 30.7 Å². The first-order chi connectivity index (χ1) is 17.6. The van der Waals surface area contributed by atoms with Crippen molar-refractivity contribution in [2.24, 2.45) is 5.73 Å². The molecule has 2 aromatic carbocycles. The zero-order valence-electron chi connectivity index (χ0n) is 20.4. The van der Waals surface area contributed by atoms with E-state index in [0.29, 0.717) is 13.1 Å². The number of nitrogens with two attached hydrogens (primary N) is 1. The van der Waals surface area contributed by atoms with E-state index in [1.165, 1.54) is 12.0 Å². The van der Waals surface area contributed by atoms with Crippen LogP contribution in [0.2, 0.25) is 0 Å². The van der Waals surface area contributed by atoms with Crippen LogP contribution in [-0.2, 0) is 12.1 Å². The maximum Gasteiger partial charge on any atom is 0.170 e. The van der Waals surface area contributed by atoms with Gasteiger partial charge in [0.2, 0.25) is 0 Å². The smallest absolute Gasteiger partial charge is 0.170 e. The highest BCUT2D eigenvalue weighted by molar-refractivity contribution is 5.98. The third kappa shape index (κ3) is 3.95. The Bertz CT molecular complexity index is 1520. The normalized spacial score (nSPS) is 15.0. The van der Waals surface area contributed by atoms with Crippen molar-refractivity contribution < 1.29 is 5.11 Å². The lowest BCUT2D eigenvalue weighted by Crippen LogP contribution is -2.43. The fraction of sp³-hybridized carbons (Fsp3) is 0.276. The van der Waals surface area contributed by atoms with Crippen LogP contribution in [0, 0.1) is 0 Å². The highest BCUT2D eigenvalue weighted by atomic mass is 16.3. The molecule has 36 heavy (non-hydrogen) atoms. The Morgan fingerprint density at radius 1 is 1.00 bits per heavy atom. The van der Waals surface area contributed by atoms with E-state index in [1.807, 2.05) is 46.8 Å². The Kier molecular flexibility index (Phi) is 5.76. The summed E-state index contributed by atoms with van der Waals surface area (Å²) in [6.45, 7) is 1.28. The topological polar surface area (TPSA) is 92.6 Å². The molecule has 1 aliphatic carbocycles. The second kappa shape index (κ2) is 9.09. The van der Waals surface area contributed by atoms with Crippen molar-refractivity contribution >= 4 is 16.6 Å². The number of hydrogen-bond acceptors (Lipinski definition) is 6. The van der Waals surface area contributed by atoms with Gasteiger partial charge in [0.25, 0.3) is 0 Å². The molecule has 3 N–H and O–H groups in total. The fourth-order valence-corrected chi connectivity index (χ4v) is 5.11. The Morgan fingerprint density at radius 3 is 2.47 bits per heavy atom. The van der Waals surface area contributed by atoms with Gasteiger partial charge in [0.15, 0.2) is 11.5 Å². The number of likely N-dealkylation sites (N-methyl/N-ethyl adjacent to an activating group) is 1. The molecule has 3 heterocycles. The predicted molar refractivity (Wildman–Crippen MR) is 142 cm³/mol. The van der Waals surface area contributed by atoms with E-state index in [4.69, 9.17) is 10.7 Å². The van der Waals surface area contributed by atoms with Gasteiger partial charge in [-0.3, -0.25) is 9.30 Å². The number of hydrogen-bond donors (Lipinski definition) is 2. The monoisotopic (exact) mass is 478 g/mol. The molecule has 0 radical (unpaired) electrons. The summed E-state index contributed by atoms with van der Waals surface area (Å²) in [5, 5.41) is 19.2. The van der Waals surface area contributed by atoms with Gasteiger partial charge < -0.3 is 10.8 Å². The molecule has 6 rings (SSSR count). The third-order valence-corrected chi connectivity index (χ3v) is 7.40. The van der Waals surface area contributed by atoms with Gasteiger partial charge in [-0.05, 0) is 49.6 Å². The van der Waals surface area contributed by atoms with Crippen LogP contribution in [-0.4, -0.2) is 49.8 Å². The minimum Gasteiger partial charge on any atom is -0.395 e. The van der Waals surface area contributed by atoms with Gasteiger partial charge in [-0.1, -0.05) is 54.6 Å². The van der Waals surface area contributed by atoms with Crippen molar-refractivity contribution in [2.75, 3.05) is 20.2 Å². The summed E-state index contributed by atoms with van der Waals surface area (Å²) in [7, 11) is 1.96. The van der Waals surface area contributed by atoms with Crippen molar-refractivity contribution in [2.45, 2.75) is 31.3 Å². The molecule has 7 heteroatoms. The largest absolute Gasteiger partial charge is 0.395 e. The highest BCUT2D eigenvalue weighted by Crippen LogP contribution is 2.40. The zero-order chi connectivity index (χ0) is 24.7. The summed E-state index contributed by atoms with van der Waals surface area (Å²) >= 11 is 0. The number of pyridine rings is 2. The molecular weight excluding hydrogens is 448 g/mol. The van der Waals surface area contributed by atoms with Gasteiger partial charge in [0.05, 0.1) is 24.4 Å². The maximum absolute atomic E-state index is 9.25. The van der Waals surface area contributed by atoms with E-state index < -0.39 is 0 Å². The molecule has 0 spiro atoms. The third-order valence-electron chi connectivity index (χ3n) is 7.40. The first-order valence-electron chi connectivity index (χ1n) is 12.5. The molecule has 3 aromatic heterocycles. The lowest BCUT2D eigenvalue weighted by molar-refractivity contribution is 0.214. The van der Waals surface area contributed by atoms with E-state index in [0.717, 1.165) is 57.6 Å². The van der Waals surface area contributed by atoms with Gasteiger partial charge in [-0.15, -0.1) is 10.2 Å². The molecule has 0 atom stereocenters. The summed E-state index contributed by atoms with van der Waals surface area (Å²) in [6.07, 6.45) is 5.26. The predicted octanol–water partition coefficient (Wildman–Crippen LogP) is 4.37. The van der Waals surface area contributed by atoms with Crippen LogP contribution in [0.3, 0.4) is 0 Å². The Hall–Kier alpha value is -3.65. The summed E-state index contributed by atoms with van der Waals surface area (Å²) < 4.78 is 2.01. The van der Waals surface area contributed by atoms with E-state index >= 15 is 0 Å². The zero-order valence-corrected chi connectivity index (χ0v) is 20.4.